The van der Waals surface area contributed by atoms with Gasteiger partial charge >= 0.3 is 0 Å². The molecule has 128 valence electrons. The highest BCUT2D eigenvalue weighted by molar-refractivity contribution is 7.91. The molecule has 1 aromatic carbocycles. The van der Waals surface area contributed by atoms with Gasteiger partial charge in [-0.15, -0.1) is 0 Å². The molecular formula is C16H18N2O5S. The van der Waals surface area contributed by atoms with Gasteiger partial charge in [0.1, 0.15) is 0 Å². The molecule has 1 aromatic rings. The average molecular weight is 350 g/mol. The quantitative estimate of drug-likeness (QED) is 0.773. The van der Waals surface area contributed by atoms with Crippen LogP contribution in [-0.2, 0) is 14.6 Å². The zero-order valence-corrected chi connectivity index (χ0v) is 13.8. The van der Waals surface area contributed by atoms with E-state index in [9.17, 15) is 22.8 Å². The fraction of sp³-hybridized carbons (Fsp3) is 0.438. The lowest BCUT2D eigenvalue weighted by Crippen LogP contribution is -2.36. The van der Waals surface area contributed by atoms with Gasteiger partial charge in [0.15, 0.2) is 9.84 Å². The number of hydrogen-bond donors (Lipinski definition) is 1. The SMILES string of the molecule is O=C(CCCN1C(=O)c2ccccc2C1=O)N[C@@H]1CCS(=O)(=O)C1. The van der Waals surface area contributed by atoms with Crippen molar-refractivity contribution >= 4 is 27.6 Å². The molecule has 7 nitrogen and oxygen atoms in total. The van der Waals surface area contributed by atoms with Crippen LogP contribution in [0.2, 0.25) is 0 Å². The molecule has 24 heavy (non-hydrogen) atoms. The molecule has 0 saturated carbocycles. The standard InChI is InChI=1S/C16H18N2O5S/c19-14(17-11-7-9-24(22,23)10-11)6-3-8-18-15(20)12-4-1-2-5-13(12)16(18)21/h1-2,4-5,11H,3,6-10H2,(H,17,19)/t11-/m1/s1. The van der Waals surface area contributed by atoms with E-state index >= 15 is 0 Å². The van der Waals surface area contributed by atoms with E-state index in [0.717, 1.165) is 4.90 Å². The second kappa shape index (κ2) is 6.35. The monoisotopic (exact) mass is 350 g/mol. The van der Waals surface area contributed by atoms with Crippen molar-refractivity contribution in [3.8, 4) is 0 Å². The number of amides is 3. The van der Waals surface area contributed by atoms with E-state index in [2.05, 4.69) is 5.32 Å². The molecule has 3 rings (SSSR count). The third kappa shape index (κ3) is 3.33. The molecule has 0 aliphatic carbocycles. The summed E-state index contributed by atoms with van der Waals surface area (Å²) in [6, 6.07) is 6.31. The van der Waals surface area contributed by atoms with Gasteiger partial charge in [0, 0.05) is 19.0 Å². The lowest BCUT2D eigenvalue weighted by Gasteiger charge is -2.14. The fourth-order valence-electron chi connectivity index (χ4n) is 3.05. The van der Waals surface area contributed by atoms with E-state index in [0.29, 0.717) is 24.0 Å². The Bertz CT molecular complexity index is 767. The maximum atomic E-state index is 12.2. The number of imide groups is 1. The van der Waals surface area contributed by atoms with Gasteiger partial charge in [0.2, 0.25) is 5.91 Å². The number of nitrogens with one attached hydrogen (secondary N) is 1. The normalized spacial score (nSPS) is 21.8. The smallest absolute Gasteiger partial charge is 0.261 e. The molecule has 2 heterocycles. The van der Waals surface area contributed by atoms with Crippen LogP contribution in [0.1, 0.15) is 40.0 Å². The van der Waals surface area contributed by atoms with Gasteiger partial charge in [-0.2, -0.15) is 0 Å². The Labute approximate surface area is 139 Å². The first-order valence-corrected chi connectivity index (χ1v) is 9.64. The minimum absolute atomic E-state index is 0.0167. The Hall–Kier alpha value is -2.22. The molecule has 3 amide bonds. The number of sulfone groups is 1. The van der Waals surface area contributed by atoms with E-state index in [1.54, 1.807) is 24.3 Å². The van der Waals surface area contributed by atoms with E-state index in [-0.39, 0.29) is 48.2 Å². The lowest BCUT2D eigenvalue weighted by atomic mass is 10.1. The Morgan fingerprint density at radius 2 is 1.79 bits per heavy atom. The summed E-state index contributed by atoms with van der Waals surface area (Å²) in [5, 5.41) is 2.69. The van der Waals surface area contributed by atoms with Crippen molar-refractivity contribution in [3.63, 3.8) is 0 Å². The maximum absolute atomic E-state index is 12.2. The van der Waals surface area contributed by atoms with Crippen molar-refractivity contribution in [2.45, 2.75) is 25.3 Å². The topological polar surface area (TPSA) is 101 Å². The van der Waals surface area contributed by atoms with E-state index in [4.69, 9.17) is 0 Å². The van der Waals surface area contributed by atoms with Crippen LogP contribution in [-0.4, -0.2) is 55.1 Å². The molecule has 2 aliphatic heterocycles. The highest BCUT2D eigenvalue weighted by Crippen LogP contribution is 2.22. The third-order valence-electron chi connectivity index (χ3n) is 4.26. The first kappa shape index (κ1) is 16.6. The molecule has 1 atom stereocenters. The minimum atomic E-state index is -3.03. The summed E-state index contributed by atoms with van der Waals surface area (Å²) in [6.07, 6.45) is 0.924. The van der Waals surface area contributed by atoms with Gasteiger partial charge < -0.3 is 5.32 Å². The van der Waals surface area contributed by atoms with Crippen LogP contribution in [0.15, 0.2) is 24.3 Å². The Kier molecular flexibility index (Phi) is 4.40. The molecule has 1 fully saturated rings. The van der Waals surface area contributed by atoms with Gasteiger partial charge in [0.05, 0.1) is 22.6 Å². The summed E-state index contributed by atoms with van der Waals surface area (Å²) < 4.78 is 22.7. The highest BCUT2D eigenvalue weighted by Gasteiger charge is 2.34. The van der Waals surface area contributed by atoms with Crippen LogP contribution >= 0.6 is 0 Å². The fourth-order valence-corrected chi connectivity index (χ4v) is 4.72. The van der Waals surface area contributed by atoms with Crippen molar-refractivity contribution in [1.29, 1.82) is 0 Å². The first-order valence-electron chi connectivity index (χ1n) is 7.82. The third-order valence-corrected chi connectivity index (χ3v) is 6.03. The van der Waals surface area contributed by atoms with Gasteiger partial charge in [-0.25, -0.2) is 8.42 Å². The molecule has 0 aromatic heterocycles. The summed E-state index contributed by atoms with van der Waals surface area (Å²) in [7, 11) is -3.03. The molecule has 1 N–H and O–H groups in total. The predicted molar refractivity (Wildman–Crippen MR) is 86.2 cm³/mol. The average Bonchev–Trinajstić information content (AvgIpc) is 2.99. The zero-order valence-electron chi connectivity index (χ0n) is 13.0. The summed E-state index contributed by atoms with van der Waals surface area (Å²) in [5.74, 6) is -0.839. The van der Waals surface area contributed by atoms with Crippen molar-refractivity contribution in [2.75, 3.05) is 18.1 Å². The Morgan fingerprint density at radius 3 is 2.33 bits per heavy atom. The highest BCUT2D eigenvalue weighted by atomic mass is 32.2. The summed E-state index contributed by atoms with van der Waals surface area (Å²) >= 11 is 0. The number of rotatable bonds is 5. The Balaban J connectivity index is 1.48. The predicted octanol–water partition coefficient (Wildman–Crippen LogP) is 0.366. The van der Waals surface area contributed by atoms with E-state index in [1.165, 1.54) is 0 Å². The van der Waals surface area contributed by atoms with Gasteiger partial charge in [-0.3, -0.25) is 19.3 Å². The number of fused-ring (bicyclic) bond motifs is 1. The first-order chi connectivity index (χ1) is 11.4. The molecule has 0 unspecified atom stereocenters. The van der Waals surface area contributed by atoms with Gasteiger partial charge in [0.25, 0.3) is 11.8 Å². The molecule has 1 saturated heterocycles. The number of carbonyl (C=O) groups is 3. The molecule has 2 aliphatic rings. The number of hydrogen-bond acceptors (Lipinski definition) is 5. The van der Waals surface area contributed by atoms with Gasteiger partial charge in [-0.1, -0.05) is 12.1 Å². The number of nitrogens with zero attached hydrogens (tertiary/aromatic N) is 1. The van der Waals surface area contributed by atoms with Crippen LogP contribution in [0, 0.1) is 0 Å². The van der Waals surface area contributed by atoms with Crippen molar-refractivity contribution in [3.05, 3.63) is 35.4 Å². The van der Waals surface area contributed by atoms with Crippen molar-refractivity contribution in [2.24, 2.45) is 0 Å². The molecule has 0 spiro atoms. The number of benzene rings is 1. The van der Waals surface area contributed by atoms with Crippen LogP contribution in [0.3, 0.4) is 0 Å². The van der Waals surface area contributed by atoms with E-state index in [1.807, 2.05) is 0 Å². The molecule has 0 radical (unpaired) electrons. The summed E-state index contributed by atoms with van der Waals surface area (Å²) in [5.41, 5.74) is 0.784. The molecular weight excluding hydrogens is 332 g/mol. The van der Waals surface area contributed by atoms with Crippen LogP contribution in [0.25, 0.3) is 0 Å². The second-order valence-corrected chi connectivity index (χ2v) is 8.31. The maximum Gasteiger partial charge on any atom is 0.261 e. The second-order valence-electron chi connectivity index (χ2n) is 6.08. The van der Waals surface area contributed by atoms with Gasteiger partial charge in [-0.05, 0) is 25.0 Å². The zero-order chi connectivity index (χ0) is 17.3. The largest absolute Gasteiger partial charge is 0.352 e. The summed E-state index contributed by atoms with van der Waals surface area (Å²) in [6.45, 7) is 0.169. The molecule has 8 heteroatoms. The van der Waals surface area contributed by atoms with Crippen LogP contribution in [0.4, 0.5) is 0 Å². The van der Waals surface area contributed by atoms with Crippen molar-refractivity contribution < 1.29 is 22.8 Å². The number of carbonyl (C=O) groups excluding carboxylic acids is 3. The van der Waals surface area contributed by atoms with Crippen molar-refractivity contribution in [1.82, 2.24) is 10.2 Å². The van der Waals surface area contributed by atoms with E-state index < -0.39 is 9.84 Å². The minimum Gasteiger partial charge on any atom is -0.352 e. The summed E-state index contributed by atoms with van der Waals surface area (Å²) in [4.78, 5) is 37.4. The Morgan fingerprint density at radius 1 is 1.17 bits per heavy atom. The van der Waals surface area contributed by atoms with Crippen LogP contribution in [0.5, 0.6) is 0 Å². The molecule has 0 bridgehead atoms. The van der Waals surface area contributed by atoms with Crippen LogP contribution < -0.4 is 5.32 Å². The lowest BCUT2D eigenvalue weighted by molar-refractivity contribution is -0.121.